The molecule has 90 valence electrons. The minimum Gasteiger partial charge on any atom is -0.335 e. The zero-order valence-electron chi connectivity index (χ0n) is 10.1. The van der Waals surface area contributed by atoms with Gasteiger partial charge in [-0.2, -0.15) is 0 Å². The van der Waals surface area contributed by atoms with Crippen molar-refractivity contribution in [2.45, 2.75) is 12.8 Å². The number of carbonyl (C=O) groups is 1. The molecule has 0 atom stereocenters. The highest BCUT2D eigenvalue weighted by molar-refractivity contribution is 5.76. The summed E-state index contributed by atoms with van der Waals surface area (Å²) in [5.41, 5.74) is 1.19. The fraction of sp³-hybridized carbons (Fsp3) is 0.267. The molecule has 1 amide bonds. The lowest BCUT2D eigenvalue weighted by Gasteiger charge is -2.19. The summed E-state index contributed by atoms with van der Waals surface area (Å²) in [6, 6.07) is 10.0. The van der Waals surface area contributed by atoms with Gasteiger partial charge in [0, 0.05) is 19.5 Å². The van der Waals surface area contributed by atoms with E-state index in [1.54, 1.807) is 17.1 Å². The number of carbonyl (C=O) groups excluding carboxylic acids is 1. The van der Waals surface area contributed by atoms with Crippen LogP contribution in [0.5, 0.6) is 0 Å². The van der Waals surface area contributed by atoms with Gasteiger partial charge in [0.15, 0.2) is 0 Å². The number of benzene rings is 1. The highest BCUT2D eigenvalue weighted by Crippen LogP contribution is 2.05. The standard InChI is InChI=1S/C15H19NO/c1-3-12-16(13-4-2)15(17)11-10-14-8-6-5-7-9-14/h3-9H,1-2,10-13H2. The van der Waals surface area contributed by atoms with Crippen molar-refractivity contribution in [1.29, 1.82) is 0 Å². The Morgan fingerprint density at radius 1 is 1.12 bits per heavy atom. The van der Waals surface area contributed by atoms with Crippen molar-refractivity contribution in [2.75, 3.05) is 13.1 Å². The molecule has 0 aromatic heterocycles. The zero-order valence-corrected chi connectivity index (χ0v) is 10.1. The number of rotatable bonds is 7. The largest absolute Gasteiger partial charge is 0.335 e. The molecular formula is C15H19NO. The molecule has 0 fully saturated rings. The molecular weight excluding hydrogens is 210 g/mol. The summed E-state index contributed by atoms with van der Waals surface area (Å²) in [7, 11) is 0. The second-order valence-corrected chi connectivity index (χ2v) is 3.86. The Kier molecular flexibility index (Phi) is 5.80. The van der Waals surface area contributed by atoms with Crippen LogP contribution in [0.15, 0.2) is 55.6 Å². The molecule has 17 heavy (non-hydrogen) atoms. The molecule has 2 heteroatoms. The van der Waals surface area contributed by atoms with E-state index in [0.717, 1.165) is 6.42 Å². The lowest BCUT2D eigenvalue weighted by molar-refractivity contribution is -0.130. The SMILES string of the molecule is C=CCN(CC=C)C(=O)CCc1ccccc1. The average molecular weight is 229 g/mol. The quantitative estimate of drug-likeness (QED) is 0.658. The molecule has 1 rings (SSSR count). The first-order chi connectivity index (χ1) is 8.27. The Labute approximate surface area is 103 Å². The van der Waals surface area contributed by atoms with Crippen LogP contribution in [0, 0.1) is 0 Å². The van der Waals surface area contributed by atoms with Crippen molar-refractivity contribution >= 4 is 5.91 Å². The van der Waals surface area contributed by atoms with Crippen LogP contribution in [0.1, 0.15) is 12.0 Å². The van der Waals surface area contributed by atoms with Crippen molar-refractivity contribution in [1.82, 2.24) is 4.90 Å². The molecule has 0 saturated heterocycles. The summed E-state index contributed by atoms with van der Waals surface area (Å²) >= 11 is 0. The summed E-state index contributed by atoms with van der Waals surface area (Å²) in [6.07, 6.45) is 4.80. The van der Waals surface area contributed by atoms with Gasteiger partial charge in [-0.05, 0) is 12.0 Å². The van der Waals surface area contributed by atoms with E-state index in [-0.39, 0.29) is 5.91 Å². The van der Waals surface area contributed by atoms with Crippen LogP contribution in [0.3, 0.4) is 0 Å². The Bertz CT molecular complexity index is 360. The van der Waals surface area contributed by atoms with Gasteiger partial charge in [0.2, 0.25) is 5.91 Å². The highest BCUT2D eigenvalue weighted by atomic mass is 16.2. The van der Waals surface area contributed by atoms with Crippen LogP contribution in [0.25, 0.3) is 0 Å². The molecule has 1 aromatic carbocycles. The lowest BCUT2D eigenvalue weighted by atomic mass is 10.1. The van der Waals surface area contributed by atoms with Crippen molar-refractivity contribution in [2.24, 2.45) is 0 Å². The minimum absolute atomic E-state index is 0.147. The summed E-state index contributed by atoms with van der Waals surface area (Å²) in [4.78, 5) is 13.7. The van der Waals surface area contributed by atoms with Crippen molar-refractivity contribution in [3.63, 3.8) is 0 Å². The van der Waals surface area contributed by atoms with Crippen LogP contribution in [0.4, 0.5) is 0 Å². The Balaban J connectivity index is 2.46. The third kappa shape index (κ3) is 4.68. The first-order valence-electron chi connectivity index (χ1n) is 5.81. The lowest BCUT2D eigenvalue weighted by Crippen LogP contribution is -2.31. The topological polar surface area (TPSA) is 20.3 Å². The monoisotopic (exact) mass is 229 g/mol. The number of aryl methyl sites for hydroxylation is 1. The van der Waals surface area contributed by atoms with Crippen LogP contribution in [0.2, 0.25) is 0 Å². The molecule has 0 spiro atoms. The predicted molar refractivity (Wildman–Crippen MR) is 71.7 cm³/mol. The van der Waals surface area contributed by atoms with E-state index in [4.69, 9.17) is 0 Å². The van der Waals surface area contributed by atoms with Gasteiger partial charge < -0.3 is 4.90 Å². The van der Waals surface area contributed by atoms with Crippen LogP contribution >= 0.6 is 0 Å². The maximum absolute atomic E-state index is 11.9. The Morgan fingerprint density at radius 2 is 1.71 bits per heavy atom. The molecule has 1 aromatic rings. The molecule has 0 aliphatic rings. The zero-order chi connectivity index (χ0) is 12.5. The van der Waals surface area contributed by atoms with Crippen LogP contribution in [-0.2, 0) is 11.2 Å². The van der Waals surface area contributed by atoms with Gasteiger partial charge in [-0.15, -0.1) is 13.2 Å². The third-order valence-electron chi connectivity index (χ3n) is 2.52. The molecule has 0 aliphatic heterocycles. The smallest absolute Gasteiger partial charge is 0.223 e. The fourth-order valence-corrected chi connectivity index (χ4v) is 1.64. The van der Waals surface area contributed by atoms with Crippen LogP contribution < -0.4 is 0 Å². The number of amides is 1. The van der Waals surface area contributed by atoms with Gasteiger partial charge >= 0.3 is 0 Å². The van der Waals surface area contributed by atoms with E-state index in [0.29, 0.717) is 19.5 Å². The maximum atomic E-state index is 11.9. The van der Waals surface area contributed by atoms with Gasteiger partial charge in [-0.1, -0.05) is 42.5 Å². The summed E-state index contributed by atoms with van der Waals surface area (Å²) in [5.74, 6) is 0.147. The minimum atomic E-state index is 0.147. The van der Waals surface area contributed by atoms with Crippen molar-refractivity contribution in [3.8, 4) is 0 Å². The van der Waals surface area contributed by atoms with Crippen molar-refractivity contribution < 1.29 is 4.79 Å². The summed E-state index contributed by atoms with van der Waals surface area (Å²) in [6.45, 7) is 8.48. The second-order valence-electron chi connectivity index (χ2n) is 3.86. The van der Waals surface area contributed by atoms with E-state index < -0.39 is 0 Å². The van der Waals surface area contributed by atoms with Crippen molar-refractivity contribution in [3.05, 3.63) is 61.2 Å². The second kappa shape index (κ2) is 7.44. The molecule has 0 aliphatic carbocycles. The van der Waals surface area contributed by atoms with E-state index in [1.807, 2.05) is 30.3 Å². The third-order valence-corrected chi connectivity index (χ3v) is 2.52. The van der Waals surface area contributed by atoms with E-state index in [1.165, 1.54) is 5.56 Å². The highest BCUT2D eigenvalue weighted by Gasteiger charge is 2.09. The molecule has 0 unspecified atom stereocenters. The van der Waals surface area contributed by atoms with Gasteiger partial charge in [0.1, 0.15) is 0 Å². The summed E-state index contributed by atoms with van der Waals surface area (Å²) in [5, 5.41) is 0. The first kappa shape index (κ1) is 13.2. The molecule has 2 nitrogen and oxygen atoms in total. The molecule has 0 radical (unpaired) electrons. The number of nitrogens with zero attached hydrogens (tertiary/aromatic N) is 1. The van der Waals surface area contributed by atoms with Crippen LogP contribution in [-0.4, -0.2) is 23.9 Å². The maximum Gasteiger partial charge on any atom is 0.223 e. The Hall–Kier alpha value is -1.83. The van der Waals surface area contributed by atoms with Gasteiger partial charge in [0.25, 0.3) is 0 Å². The molecule has 0 saturated carbocycles. The fourth-order valence-electron chi connectivity index (χ4n) is 1.64. The summed E-state index contributed by atoms with van der Waals surface area (Å²) < 4.78 is 0. The number of hydrogen-bond donors (Lipinski definition) is 0. The normalized spacial score (nSPS) is 9.65. The van der Waals surface area contributed by atoms with Gasteiger partial charge in [-0.25, -0.2) is 0 Å². The molecule has 0 N–H and O–H groups in total. The van der Waals surface area contributed by atoms with Gasteiger partial charge in [-0.3, -0.25) is 4.79 Å². The predicted octanol–water partition coefficient (Wildman–Crippen LogP) is 2.82. The molecule has 0 bridgehead atoms. The molecule has 0 heterocycles. The average Bonchev–Trinajstić information content (AvgIpc) is 2.37. The Morgan fingerprint density at radius 3 is 2.24 bits per heavy atom. The first-order valence-corrected chi connectivity index (χ1v) is 5.81. The number of hydrogen-bond acceptors (Lipinski definition) is 1. The van der Waals surface area contributed by atoms with E-state index in [2.05, 4.69) is 13.2 Å². The van der Waals surface area contributed by atoms with E-state index in [9.17, 15) is 4.79 Å². The van der Waals surface area contributed by atoms with Gasteiger partial charge in [0.05, 0.1) is 0 Å². The van der Waals surface area contributed by atoms with E-state index >= 15 is 0 Å².